The third kappa shape index (κ3) is 2.57. The van der Waals surface area contributed by atoms with Gasteiger partial charge < -0.3 is 18.9 Å². The SMILES string of the molecule is C(COC1CCC2OC2C1)OC1CCC2OC2C1. The molecule has 2 aliphatic carbocycles. The third-order valence-corrected chi connectivity index (χ3v) is 4.70. The summed E-state index contributed by atoms with van der Waals surface area (Å²) in [5.41, 5.74) is 0. The first-order chi connectivity index (χ1) is 8.88. The summed E-state index contributed by atoms with van der Waals surface area (Å²) in [4.78, 5) is 0. The Kier molecular flexibility index (Phi) is 3.07. The van der Waals surface area contributed by atoms with Crippen LogP contribution in [-0.2, 0) is 18.9 Å². The normalized spacial score (nSPS) is 49.3. The second-order valence-electron chi connectivity index (χ2n) is 6.04. The molecule has 102 valence electrons. The van der Waals surface area contributed by atoms with Gasteiger partial charge in [0.25, 0.3) is 0 Å². The van der Waals surface area contributed by atoms with Crippen LogP contribution in [0.3, 0.4) is 0 Å². The summed E-state index contributed by atoms with van der Waals surface area (Å²) in [6.07, 6.45) is 9.79. The number of hydrogen-bond acceptors (Lipinski definition) is 4. The Morgan fingerprint density at radius 3 is 1.61 bits per heavy atom. The Morgan fingerprint density at radius 1 is 0.667 bits per heavy atom. The van der Waals surface area contributed by atoms with E-state index in [1.54, 1.807) is 0 Å². The fourth-order valence-electron chi connectivity index (χ4n) is 3.47. The highest BCUT2D eigenvalue weighted by Crippen LogP contribution is 2.38. The predicted molar refractivity (Wildman–Crippen MR) is 64.5 cm³/mol. The highest BCUT2D eigenvalue weighted by Gasteiger charge is 2.45. The summed E-state index contributed by atoms with van der Waals surface area (Å²) in [7, 11) is 0. The minimum atomic E-state index is 0.403. The molecule has 0 aromatic heterocycles. The van der Waals surface area contributed by atoms with Gasteiger partial charge in [0.1, 0.15) is 0 Å². The first kappa shape index (κ1) is 11.6. The smallest absolute Gasteiger partial charge is 0.0866 e. The van der Waals surface area contributed by atoms with Gasteiger partial charge in [0.15, 0.2) is 0 Å². The minimum Gasteiger partial charge on any atom is -0.376 e. The molecule has 6 unspecified atom stereocenters. The van der Waals surface area contributed by atoms with Crippen LogP contribution in [0.15, 0.2) is 0 Å². The highest BCUT2D eigenvalue weighted by molar-refractivity contribution is 4.93. The Balaban J connectivity index is 1.10. The van der Waals surface area contributed by atoms with E-state index in [-0.39, 0.29) is 0 Å². The summed E-state index contributed by atoms with van der Waals surface area (Å²) in [5.74, 6) is 0. The van der Waals surface area contributed by atoms with E-state index in [1.165, 1.54) is 12.8 Å². The predicted octanol–water partition coefficient (Wildman–Crippen LogP) is 1.66. The van der Waals surface area contributed by atoms with E-state index >= 15 is 0 Å². The van der Waals surface area contributed by atoms with Crippen LogP contribution in [0.4, 0.5) is 0 Å². The van der Waals surface area contributed by atoms with Gasteiger partial charge in [0.2, 0.25) is 0 Å². The van der Waals surface area contributed by atoms with Gasteiger partial charge in [0.05, 0.1) is 49.8 Å². The average molecular weight is 254 g/mol. The lowest BCUT2D eigenvalue weighted by atomic mass is 9.98. The van der Waals surface area contributed by atoms with E-state index in [1.807, 2.05) is 0 Å². The van der Waals surface area contributed by atoms with Gasteiger partial charge in [-0.1, -0.05) is 0 Å². The molecule has 0 aromatic carbocycles. The van der Waals surface area contributed by atoms with E-state index in [9.17, 15) is 0 Å². The molecular formula is C14H22O4. The zero-order valence-electron chi connectivity index (χ0n) is 10.8. The first-order valence-corrected chi connectivity index (χ1v) is 7.42. The monoisotopic (exact) mass is 254 g/mol. The maximum Gasteiger partial charge on any atom is 0.0866 e. The molecule has 2 aliphatic heterocycles. The van der Waals surface area contributed by atoms with E-state index < -0.39 is 0 Å². The third-order valence-electron chi connectivity index (χ3n) is 4.70. The van der Waals surface area contributed by atoms with E-state index in [0.29, 0.717) is 36.6 Å². The zero-order valence-corrected chi connectivity index (χ0v) is 10.8. The topological polar surface area (TPSA) is 43.5 Å². The summed E-state index contributed by atoms with van der Waals surface area (Å²) < 4.78 is 22.7. The lowest BCUT2D eigenvalue weighted by molar-refractivity contribution is -0.0367. The molecule has 0 bridgehead atoms. The van der Waals surface area contributed by atoms with E-state index in [2.05, 4.69) is 0 Å². The lowest BCUT2D eigenvalue weighted by Crippen LogP contribution is -2.26. The fourth-order valence-corrected chi connectivity index (χ4v) is 3.47. The summed E-state index contributed by atoms with van der Waals surface area (Å²) >= 11 is 0. The summed E-state index contributed by atoms with van der Waals surface area (Å²) in [5, 5.41) is 0. The van der Waals surface area contributed by atoms with Crippen molar-refractivity contribution in [2.45, 2.75) is 75.1 Å². The van der Waals surface area contributed by atoms with E-state index in [0.717, 1.165) is 38.9 Å². The molecule has 4 fully saturated rings. The number of rotatable bonds is 5. The van der Waals surface area contributed by atoms with Gasteiger partial charge in [-0.15, -0.1) is 0 Å². The van der Waals surface area contributed by atoms with Gasteiger partial charge in [-0.25, -0.2) is 0 Å². The molecule has 0 aromatic rings. The largest absolute Gasteiger partial charge is 0.376 e. The van der Waals surface area contributed by atoms with Crippen molar-refractivity contribution in [3.63, 3.8) is 0 Å². The molecule has 18 heavy (non-hydrogen) atoms. The molecule has 4 aliphatic rings. The van der Waals surface area contributed by atoms with Crippen molar-refractivity contribution in [1.82, 2.24) is 0 Å². The molecular weight excluding hydrogens is 232 g/mol. The summed E-state index contributed by atoms with van der Waals surface area (Å²) in [6.45, 7) is 1.46. The first-order valence-electron chi connectivity index (χ1n) is 7.42. The second-order valence-corrected chi connectivity index (χ2v) is 6.04. The molecule has 6 atom stereocenters. The van der Waals surface area contributed by atoms with Crippen molar-refractivity contribution in [2.75, 3.05) is 13.2 Å². The Hall–Kier alpha value is -0.160. The minimum absolute atomic E-state index is 0.403. The van der Waals surface area contributed by atoms with Crippen molar-refractivity contribution in [3.8, 4) is 0 Å². The van der Waals surface area contributed by atoms with Crippen molar-refractivity contribution in [3.05, 3.63) is 0 Å². The van der Waals surface area contributed by atoms with Gasteiger partial charge in [-0.3, -0.25) is 0 Å². The van der Waals surface area contributed by atoms with Crippen LogP contribution in [-0.4, -0.2) is 49.8 Å². The van der Waals surface area contributed by atoms with Crippen molar-refractivity contribution in [2.24, 2.45) is 0 Å². The molecule has 2 heterocycles. The molecule has 4 nitrogen and oxygen atoms in total. The maximum atomic E-state index is 5.87. The maximum absolute atomic E-state index is 5.87. The number of epoxide rings is 2. The fraction of sp³-hybridized carbons (Fsp3) is 1.00. The molecule has 0 spiro atoms. The quantitative estimate of drug-likeness (QED) is 0.553. The van der Waals surface area contributed by atoms with Crippen molar-refractivity contribution in [1.29, 1.82) is 0 Å². The molecule has 4 rings (SSSR count). The van der Waals surface area contributed by atoms with Crippen LogP contribution in [0.2, 0.25) is 0 Å². The Morgan fingerprint density at radius 2 is 1.17 bits per heavy atom. The number of ether oxygens (including phenoxy) is 4. The average Bonchev–Trinajstić information content (AvgIpc) is 3.26. The molecule has 0 radical (unpaired) electrons. The van der Waals surface area contributed by atoms with Crippen LogP contribution in [0.25, 0.3) is 0 Å². The molecule has 0 amide bonds. The van der Waals surface area contributed by atoms with Crippen LogP contribution < -0.4 is 0 Å². The van der Waals surface area contributed by atoms with Crippen LogP contribution >= 0.6 is 0 Å². The van der Waals surface area contributed by atoms with Crippen LogP contribution in [0.1, 0.15) is 38.5 Å². The molecule has 2 saturated heterocycles. The molecule has 0 N–H and O–H groups in total. The van der Waals surface area contributed by atoms with Crippen LogP contribution in [0, 0.1) is 0 Å². The van der Waals surface area contributed by atoms with Crippen molar-refractivity contribution < 1.29 is 18.9 Å². The van der Waals surface area contributed by atoms with Crippen LogP contribution in [0.5, 0.6) is 0 Å². The van der Waals surface area contributed by atoms with Gasteiger partial charge in [-0.2, -0.15) is 0 Å². The standard InChI is InChI=1S/C14H22O4/c1-3-11-13(17-11)7-9(1)15-5-6-16-10-2-4-12-14(8-10)18-12/h9-14H,1-8H2. The highest BCUT2D eigenvalue weighted by atomic mass is 16.6. The lowest BCUT2D eigenvalue weighted by Gasteiger charge is -2.22. The summed E-state index contributed by atoms with van der Waals surface area (Å²) in [6, 6.07) is 0. The zero-order chi connectivity index (χ0) is 11.9. The van der Waals surface area contributed by atoms with Crippen molar-refractivity contribution >= 4 is 0 Å². The Labute approximate surface area is 108 Å². The molecule has 2 saturated carbocycles. The second kappa shape index (κ2) is 4.75. The van der Waals surface area contributed by atoms with Gasteiger partial charge >= 0.3 is 0 Å². The Bertz CT molecular complexity index is 278. The molecule has 4 heteroatoms. The van der Waals surface area contributed by atoms with E-state index in [4.69, 9.17) is 18.9 Å². The number of hydrogen-bond donors (Lipinski definition) is 0. The number of fused-ring (bicyclic) bond motifs is 2. The van der Waals surface area contributed by atoms with Gasteiger partial charge in [-0.05, 0) is 25.7 Å². The van der Waals surface area contributed by atoms with Gasteiger partial charge in [0, 0.05) is 12.8 Å².